The summed E-state index contributed by atoms with van der Waals surface area (Å²) in [5.41, 5.74) is 1.28. The number of ether oxygens (including phenoxy) is 2. The van der Waals surface area contributed by atoms with E-state index in [1.807, 2.05) is 26.0 Å². The van der Waals surface area contributed by atoms with Crippen molar-refractivity contribution < 1.29 is 14.3 Å². The van der Waals surface area contributed by atoms with Crippen molar-refractivity contribution >= 4 is 17.7 Å². The van der Waals surface area contributed by atoms with Crippen LogP contribution in [0.1, 0.15) is 19.4 Å². The monoisotopic (exact) mass is 336 g/mol. The van der Waals surface area contributed by atoms with E-state index in [2.05, 4.69) is 5.32 Å². The van der Waals surface area contributed by atoms with E-state index in [1.165, 1.54) is 6.08 Å². The molecule has 0 saturated carbocycles. The van der Waals surface area contributed by atoms with Crippen LogP contribution in [0.2, 0.25) is 0 Å². The summed E-state index contributed by atoms with van der Waals surface area (Å²) in [6, 6.07) is 16.1. The topological polar surface area (TPSA) is 71.3 Å². The highest BCUT2D eigenvalue weighted by molar-refractivity contribution is 6.09. The number of rotatable bonds is 6. The summed E-state index contributed by atoms with van der Waals surface area (Å²) in [5.74, 6) is 0.833. The first-order chi connectivity index (χ1) is 12.0. The Morgan fingerprint density at radius 3 is 2.56 bits per heavy atom. The van der Waals surface area contributed by atoms with Crippen molar-refractivity contribution in [1.82, 2.24) is 0 Å². The van der Waals surface area contributed by atoms with Crippen LogP contribution in [0.15, 0.2) is 54.1 Å². The molecule has 2 aromatic carbocycles. The lowest BCUT2D eigenvalue weighted by atomic mass is 10.1. The molecule has 1 N–H and O–H groups in total. The number of nitrogens with one attached hydrogen (secondary N) is 1. The Kier molecular flexibility index (Phi) is 6.19. The molecular formula is C20H20N2O3. The van der Waals surface area contributed by atoms with Gasteiger partial charge in [0.2, 0.25) is 0 Å². The Morgan fingerprint density at radius 1 is 1.16 bits per heavy atom. The molecule has 0 saturated heterocycles. The minimum atomic E-state index is -0.480. The van der Waals surface area contributed by atoms with Crippen molar-refractivity contribution in [2.75, 3.05) is 12.4 Å². The molecule has 25 heavy (non-hydrogen) atoms. The summed E-state index contributed by atoms with van der Waals surface area (Å²) in [6.45, 7) is 3.85. The van der Waals surface area contributed by atoms with Gasteiger partial charge in [-0.2, -0.15) is 5.26 Å². The molecule has 0 spiro atoms. The quantitative estimate of drug-likeness (QED) is 0.638. The van der Waals surface area contributed by atoms with E-state index in [0.717, 1.165) is 0 Å². The van der Waals surface area contributed by atoms with Crippen molar-refractivity contribution in [3.05, 3.63) is 59.7 Å². The van der Waals surface area contributed by atoms with E-state index < -0.39 is 5.91 Å². The van der Waals surface area contributed by atoms with E-state index in [-0.39, 0.29) is 11.7 Å². The van der Waals surface area contributed by atoms with Crippen molar-refractivity contribution in [3.8, 4) is 17.6 Å². The van der Waals surface area contributed by atoms with E-state index >= 15 is 0 Å². The Morgan fingerprint density at radius 2 is 1.88 bits per heavy atom. The van der Waals surface area contributed by atoms with Crippen LogP contribution in [0, 0.1) is 11.3 Å². The second kappa shape index (κ2) is 8.55. The molecule has 5 heteroatoms. The summed E-state index contributed by atoms with van der Waals surface area (Å²) >= 11 is 0. The van der Waals surface area contributed by atoms with Gasteiger partial charge < -0.3 is 14.8 Å². The van der Waals surface area contributed by atoms with Gasteiger partial charge in [0.25, 0.3) is 5.91 Å². The second-order valence-corrected chi connectivity index (χ2v) is 5.59. The first-order valence-corrected chi connectivity index (χ1v) is 7.85. The zero-order chi connectivity index (χ0) is 18.2. The zero-order valence-corrected chi connectivity index (χ0v) is 14.4. The van der Waals surface area contributed by atoms with Gasteiger partial charge in [-0.25, -0.2) is 0 Å². The molecule has 5 nitrogen and oxygen atoms in total. The van der Waals surface area contributed by atoms with E-state index in [4.69, 9.17) is 9.47 Å². The molecule has 0 aliphatic rings. The van der Waals surface area contributed by atoms with Crippen LogP contribution in [0.4, 0.5) is 5.69 Å². The van der Waals surface area contributed by atoms with E-state index in [9.17, 15) is 10.1 Å². The van der Waals surface area contributed by atoms with Crippen LogP contribution in [0.5, 0.6) is 11.5 Å². The van der Waals surface area contributed by atoms with E-state index in [0.29, 0.717) is 22.7 Å². The number of carbonyl (C=O) groups excluding carboxylic acids is 1. The number of nitriles is 1. The van der Waals surface area contributed by atoms with E-state index in [1.54, 1.807) is 49.6 Å². The molecule has 128 valence electrons. The average molecular weight is 336 g/mol. The summed E-state index contributed by atoms with van der Waals surface area (Å²) in [7, 11) is 1.56. The van der Waals surface area contributed by atoms with Gasteiger partial charge in [0.1, 0.15) is 23.1 Å². The lowest BCUT2D eigenvalue weighted by molar-refractivity contribution is -0.112. The van der Waals surface area contributed by atoms with Crippen LogP contribution in [-0.4, -0.2) is 19.1 Å². The van der Waals surface area contributed by atoms with Crippen LogP contribution in [0.3, 0.4) is 0 Å². The molecule has 0 atom stereocenters. The lowest BCUT2D eigenvalue weighted by Crippen LogP contribution is -2.13. The van der Waals surface area contributed by atoms with Crippen LogP contribution in [-0.2, 0) is 4.79 Å². The third-order valence-electron chi connectivity index (χ3n) is 3.23. The molecule has 0 aromatic heterocycles. The van der Waals surface area contributed by atoms with Gasteiger partial charge >= 0.3 is 0 Å². The normalized spacial score (nSPS) is 10.9. The number of hydrogen-bond acceptors (Lipinski definition) is 4. The summed E-state index contributed by atoms with van der Waals surface area (Å²) in [4.78, 5) is 12.4. The van der Waals surface area contributed by atoms with Crippen LogP contribution < -0.4 is 14.8 Å². The van der Waals surface area contributed by atoms with Crippen molar-refractivity contribution in [2.24, 2.45) is 0 Å². The maximum atomic E-state index is 12.4. The molecule has 0 heterocycles. The first kappa shape index (κ1) is 18.1. The van der Waals surface area contributed by atoms with Gasteiger partial charge in [-0.1, -0.05) is 18.2 Å². The van der Waals surface area contributed by atoms with Gasteiger partial charge in [-0.05, 0) is 49.8 Å². The zero-order valence-electron chi connectivity index (χ0n) is 14.4. The predicted octanol–water partition coefficient (Wildman–Crippen LogP) is 4.03. The molecule has 2 aromatic rings. The molecule has 0 radical (unpaired) electrons. The summed E-state index contributed by atoms with van der Waals surface area (Å²) in [5, 5.41) is 12.0. The van der Waals surface area contributed by atoms with Crippen LogP contribution >= 0.6 is 0 Å². The highest BCUT2D eigenvalue weighted by Gasteiger charge is 2.10. The van der Waals surface area contributed by atoms with Gasteiger partial charge in [-0.15, -0.1) is 0 Å². The fourth-order valence-corrected chi connectivity index (χ4v) is 2.16. The summed E-state index contributed by atoms with van der Waals surface area (Å²) in [6.07, 6.45) is 1.56. The van der Waals surface area contributed by atoms with Gasteiger partial charge in [-0.3, -0.25) is 4.79 Å². The molecule has 0 aliphatic carbocycles. The number of hydrogen-bond donors (Lipinski definition) is 1. The predicted molar refractivity (Wildman–Crippen MR) is 97.4 cm³/mol. The third-order valence-corrected chi connectivity index (χ3v) is 3.23. The fraction of sp³-hybridized carbons (Fsp3) is 0.200. The number of anilines is 1. The average Bonchev–Trinajstić information content (AvgIpc) is 2.59. The molecular weight excluding hydrogens is 316 g/mol. The standard InChI is InChI=1S/C20H20N2O3/c1-14(2)25-19-9-5-7-17(12-19)22-20(23)16(13-21)10-15-6-4-8-18(11-15)24-3/h4-12,14H,1-3H3,(H,22,23)/b16-10-. The molecule has 0 unspecified atom stereocenters. The van der Waals surface area contributed by atoms with Crippen LogP contribution in [0.25, 0.3) is 6.08 Å². The highest BCUT2D eigenvalue weighted by atomic mass is 16.5. The minimum Gasteiger partial charge on any atom is -0.497 e. The van der Waals surface area contributed by atoms with Gasteiger partial charge in [0.15, 0.2) is 0 Å². The molecule has 0 aliphatic heterocycles. The van der Waals surface area contributed by atoms with Crippen molar-refractivity contribution in [2.45, 2.75) is 20.0 Å². The number of nitrogens with zero attached hydrogens (tertiary/aromatic N) is 1. The molecule has 1 amide bonds. The number of benzene rings is 2. The molecule has 0 bridgehead atoms. The minimum absolute atomic E-state index is 0.00318. The molecule has 0 fully saturated rings. The largest absolute Gasteiger partial charge is 0.497 e. The fourth-order valence-electron chi connectivity index (χ4n) is 2.16. The second-order valence-electron chi connectivity index (χ2n) is 5.59. The van der Waals surface area contributed by atoms with Crippen molar-refractivity contribution in [3.63, 3.8) is 0 Å². The maximum Gasteiger partial charge on any atom is 0.266 e. The Bertz CT molecular complexity index is 820. The number of amides is 1. The Hall–Kier alpha value is -3.26. The van der Waals surface area contributed by atoms with Gasteiger partial charge in [0, 0.05) is 11.8 Å². The Labute approximate surface area is 147 Å². The van der Waals surface area contributed by atoms with Gasteiger partial charge in [0.05, 0.1) is 13.2 Å². The molecule has 2 rings (SSSR count). The maximum absolute atomic E-state index is 12.4. The highest BCUT2D eigenvalue weighted by Crippen LogP contribution is 2.20. The SMILES string of the molecule is COc1cccc(/C=C(/C#N)C(=O)Nc2cccc(OC(C)C)c2)c1. The smallest absolute Gasteiger partial charge is 0.266 e. The Balaban J connectivity index is 2.17. The third kappa shape index (κ3) is 5.40. The number of carbonyl (C=O) groups is 1. The lowest BCUT2D eigenvalue weighted by Gasteiger charge is -2.11. The number of methoxy groups -OCH3 is 1. The summed E-state index contributed by atoms with van der Waals surface area (Å²) < 4.78 is 10.7. The first-order valence-electron chi connectivity index (χ1n) is 7.85. The van der Waals surface area contributed by atoms with Crippen molar-refractivity contribution in [1.29, 1.82) is 5.26 Å².